The van der Waals surface area contributed by atoms with E-state index in [0.717, 1.165) is 25.7 Å². The molecule has 0 radical (unpaired) electrons. The summed E-state index contributed by atoms with van der Waals surface area (Å²) in [6.45, 7) is 3.59. The molecule has 2 atom stereocenters. The highest BCUT2D eigenvalue weighted by Crippen LogP contribution is 2.13. The lowest BCUT2D eigenvalue weighted by Crippen LogP contribution is -2.19. The summed E-state index contributed by atoms with van der Waals surface area (Å²) in [6, 6.07) is 0. The summed E-state index contributed by atoms with van der Waals surface area (Å²) in [5.74, 6) is 0. The molecule has 4 nitrogen and oxygen atoms in total. The maximum absolute atomic E-state index is 10.7. The molecule has 98 valence electrons. The van der Waals surface area contributed by atoms with Gasteiger partial charge in [0.05, 0.1) is 11.4 Å². The molecule has 0 rings (SSSR count). The molecule has 16 heavy (non-hydrogen) atoms. The molecule has 0 saturated heterocycles. The molecule has 0 aliphatic carbocycles. The first-order chi connectivity index (χ1) is 7.38. The Labute approximate surface area is 98.8 Å². The summed E-state index contributed by atoms with van der Waals surface area (Å²) in [5.41, 5.74) is 0. The van der Waals surface area contributed by atoms with Gasteiger partial charge in [0, 0.05) is 0 Å². The van der Waals surface area contributed by atoms with Gasteiger partial charge in [0.15, 0.2) is 0 Å². The van der Waals surface area contributed by atoms with Gasteiger partial charge in [-0.2, -0.15) is 8.42 Å². The molecule has 0 aliphatic rings. The van der Waals surface area contributed by atoms with Crippen LogP contribution in [0.15, 0.2) is 0 Å². The second-order valence-corrected chi connectivity index (χ2v) is 6.24. The highest BCUT2D eigenvalue weighted by atomic mass is 32.2. The zero-order valence-electron chi connectivity index (χ0n) is 10.2. The topological polar surface area (TPSA) is 74.6 Å². The summed E-state index contributed by atoms with van der Waals surface area (Å²) < 4.78 is 30.2. The third-order valence-electron chi connectivity index (χ3n) is 2.81. The fourth-order valence-electron chi connectivity index (χ4n) is 1.53. The van der Waals surface area contributed by atoms with E-state index in [9.17, 15) is 13.5 Å². The predicted molar refractivity (Wildman–Crippen MR) is 65.0 cm³/mol. The van der Waals surface area contributed by atoms with Gasteiger partial charge in [0.2, 0.25) is 0 Å². The summed E-state index contributed by atoms with van der Waals surface area (Å²) in [7, 11) is -3.94. The first-order valence-electron chi connectivity index (χ1n) is 6.02. The SMILES string of the molecule is CCCCCCC(O)CCC(C)S(=O)(=O)O. The lowest BCUT2D eigenvalue weighted by atomic mass is 10.0. The van der Waals surface area contributed by atoms with Gasteiger partial charge in [-0.05, 0) is 26.2 Å². The Morgan fingerprint density at radius 1 is 1.06 bits per heavy atom. The Balaban J connectivity index is 3.61. The smallest absolute Gasteiger partial charge is 0.267 e. The Hall–Kier alpha value is -0.130. The molecular formula is C11H24O4S. The first-order valence-corrected chi connectivity index (χ1v) is 7.52. The Morgan fingerprint density at radius 2 is 1.69 bits per heavy atom. The van der Waals surface area contributed by atoms with E-state index >= 15 is 0 Å². The maximum Gasteiger partial charge on any atom is 0.267 e. The summed E-state index contributed by atoms with van der Waals surface area (Å²) >= 11 is 0. The van der Waals surface area contributed by atoms with Gasteiger partial charge in [-0.1, -0.05) is 32.6 Å². The van der Waals surface area contributed by atoms with Crippen molar-refractivity contribution >= 4 is 10.1 Å². The van der Waals surface area contributed by atoms with Crippen LogP contribution in [0.1, 0.15) is 58.8 Å². The van der Waals surface area contributed by atoms with Crippen LogP contribution < -0.4 is 0 Å². The van der Waals surface area contributed by atoms with Crippen LogP contribution in [0, 0.1) is 0 Å². The van der Waals surface area contributed by atoms with Crippen molar-refractivity contribution < 1.29 is 18.1 Å². The lowest BCUT2D eigenvalue weighted by molar-refractivity contribution is 0.148. The van der Waals surface area contributed by atoms with Gasteiger partial charge in [0.25, 0.3) is 10.1 Å². The Bertz CT molecular complexity index is 261. The van der Waals surface area contributed by atoms with Crippen molar-refractivity contribution in [2.45, 2.75) is 70.1 Å². The fraction of sp³-hybridized carbons (Fsp3) is 1.00. The standard InChI is InChI=1S/C11H24O4S/c1-3-4-5-6-7-11(12)9-8-10(2)16(13,14)15/h10-12H,3-9H2,1-2H3,(H,13,14,15). The van der Waals surface area contributed by atoms with Crippen molar-refractivity contribution in [2.24, 2.45) is 0 Å². The van der Waals surface area contributed by atoms with E-state index in [2.05, 4.69) is 6.92 Å². The number of hydrogen-bond acceptors (Lipinski definition) is 3. The van der Waals surface area contributed by atoms with Crippen molar-refractivity contribution in [3.05, 3.63) is 0 Å². The van der Waals surface area contributed by atoms with Gasteiger partial charge in [-0.15, -0.1) is 0 Å². The first kappa shape index (κ1) is 15.9. The van der Waals surface area contributed by atoms with Crippen LogP contribution >= 0.6 is 0 Å². The van der Waals surface area contributed by atoms with E-state index in [1.165, 1.54) is 13.3 Å². The van der Waals surface area contributed by atoms with Crippen molar-refractivity contribution in [3.8, 4) is 0 Å². The van der Waals surface area contributed by atoms with Crippen molar-refractivity contribution in [1.82, 2.24) is 0 Å². The highest BCUT2D eigenvalue weighted by molar-refractivity contribution is 7.86. The molecule has 5 heteroatoms. The highest BCUT2D eigenvalue weighted by Gasteiger charge is 2.18. The lowest BCUT2D eigenvalue weighted by Gasteiger charge is -2.12. The van der Waals surface area contributed by atoms with Gasteiger partial charge < -0.3 is 5.11 Å². The van der Waals surface area contributed by atoms with Crippen LogP contribution in [0.25, 0.3) is 0 Å². The fourth-order valence-corrected chi connectivity index (χ4v) is 1.96. The van der Waals surface area contributed by atoms with E-state index in [1.807, 2.05) is 0 Å². The molecule has 0 heterocycles. The number of rotatable bonds is 9. The monoisotopic (exact) mass is 252 g/mol. The van der Waals surface area contributed by atoms with Gasteiger partial charge >= 0.3 is 0 Å². The molecule has 0 amide bonds. The Morgan fingerprint density at radius 3 is 2.19 bits per heavy atom. The molecule has 0 saturated carbocycles. The number of hydrogen-bond donors (Lipinski definition) is 2. The minimum atomic E-state index is -3.94. The van der Waals surface area contributed by atoms with E-state index in [-0.39, 0.29) is 0 Å². The number of aliphatic hydroxyl groups excluding tert-OH is 1. The van der Waals surface area contributed by atoms with E-state index in [4.69, 9.17) is 4.55 Å². The Kier molecular flexibility index (Phi) is 7.97. The third kappa shape index (κ3) is 8.07. The van der Waals surface area contributed by atoms with Crippen LogP contribution in [0.2, 0.25) is 0 Å². The molecule has 2 unspecified atom stereocenters. The van der Waals surface area contributed by atoms with E-state index < -0.39 is 21.5 Å². The summed E-state index contributed by atoms with van der Waals surface area (Å²) in [6.07, 6.45) is 5.46. The largest absolute Gasteiger partial charge is 0.393 e. The molecule has 0 aromatic carbocycles. The molecule has 0 spiro atoms. The van der Waals surface area contributed by atoms with Crippen LogP contribution in [0.3, 0.4) is 0 Å². The third-order valence-corrected chi connectivity index (χ3v) is 4.06. The maximum atomic E-state index is 10.7. The van der Waals surface area contributed by atoms with Gasteiger partial charge in [-0.25, -0.2) is 0 Å². The predicted octanol–water partition coefficient (Wildman–Crippen LogP) is 2.37. The minimum Gasteiger partial charge on any atom is -0.393 e. The summed E-state index contributed by atoms with van der Waals surface area (Å²) in [5, 5.41) is 8.81. The molecule has 0 aromatic rings. The molecule has 0 bridgehead atoms. The number of aliphatic hydroxyl groups is 1. The molecule has 0 aromatic heterocycles. The zero-order valence-corrected chi connectivity index (χ0v) is 11.0. The zero-order chi connectivity index (χ0) is 12.6. The van der Waals surface area contributed by atoms with Gasteiger partial charge in [0.1, 0.15) is 0 Å². The molecule has 0 aliphatic heterocycles. The van der Waals surface area contributed by atoms with Crippen molar-refractivity contribution in [2.75, 3.05) is 0 Å². The molecule has 0 fully saturated rings. The minimum absolute atomic E-state index is 0.313. The van der Waals surface area contributed by atoms with E-state index in [0.29, 0.717) is 12.8 Å². The van der Waals surface area contributed by atoms with E-state index in [1.54, 1.807) is 0 Å². The number of unbranched alkanes of at least 4 members (excludes halogenated alkanes) is 3. The second-order valence-electron chi connectivity index (χ2n) is 4.41. The van der Waals surface area contributed by atoms with Crippen LogP contribution in [0.5, 0.6) is 0 Å². The van der Waals surface area contributed by atoms with Gasteiger partial charge in [-0.3, -0.25) is 4.55 Å². The van der Waals surface area contributed by atoms with Crippen molar-refractivity contribution in [3.63, 3.8) is 0 Å². The average molecular weight is 252 g/mol. The average Bonchev–Trinajstić information content (AvgIpc) is 2.19. The molecular weight excluding hydrogens is 228 g/mol. The molecule has 2 N–H and O–H groups in total. The van der Waals surface area contributed by atoms with Crippen molar-refractivity contribution in [1.29, 1.82) is 0 Å². The second kappa shape index (κ2) is 8.03. The van der Waals surface area contributed by atoms with Crippen LogP contribution in [-0.2, 0) is 10.1 Å². The quantitative estimate of drug-likeness (QED) is 0.488. The summed E-state index contributed by atoms with van der Waals surface area (Å²) in [4.78, 5) is 0. The van der Waals surface area contributed by atoms with Crippen LogP contribution in [0.4, 0.5) is 0 Å². The normalized spacial score (nSPS) is 16.0. The van der Waals surface area contributed by atoms with Crippen LogP contribution in [-0.4, -0.2) is 29.4 Å².